The first-order valence-electron chi connectivity index (χ1n) is 6.78. The molecule has 1 unspecified atom stereocenters. The Bertz CT molecular complexity index is 550. The second-order valence-electron chi connectivity index (χ2n) is 5.20. The maximum Gasteiger partial charge on any atom is 0.238 e. The molecule has 0 saturated carbocycles. The topological polar surface area (TPSA) is 87.5 Å². The van der Waals surface area contributed by atoms with Crippen molar-refractivity contribution in [1.29, 1.82) is 0 Å². The highest BCUT2D eigenvalue weighted by Gasteiger charge is 2.24. The monoisotopic (exact) mass is 294 g/mol. The number of likely N-dealkylation sites (tertiary alicyclic amines) is 1. The molecule has 4 N–H and O–H groups in total. The zero-order valence-electron chi connectivity index (χ0n) is 11.9. The van der Waals surface area contributed by atoms with E-state index in [2.05, 4.69) is 10.6 Å². The van der Waals surface area contributed by atoms with Crippen LogP contribution in [0.4, 0.5) is 15.8 Å². The lowest BCUT2D eigenvalue weighted by Crippen LogP contribution is -2.37. The Morgan fingerprint density at radius 2 is 2.24 bits per heavy atom. The molecule has 0 bridgehead atoms. The van der Waals surface area contributed by atoms with Gasteiger partial charge in [0.25, 0.3) is 0 Å². The molecule has 1 fully saturated rings. The summed E-state index contributed by atoms with van der Waals surface area (Å²) in [5.74, 6) is -0.777. The average molecular weight is 294 g/mol. The molecule has 0 aromatic heterocycles. The van der Waals surface area contributed by atoms with Gasteiger partial charge in [-0.25, -0.2) is 4.39 Å². The van der Waals surface area contributed by atoms with Gasteiger partial charge in [-0.1, -0.05) is 0 Å². The minimum absolute atomic E-state index is 0.0705. The van der Waals surface area contributed by atoms with E-state index in [-0.39, 0.29) is 30.1 Å². The number of anilines is 2. The lowest BCUT2D eigenvalue weighted by Gasteiger charge is -2.16. The summed E-state index contributed by atoms with van der Waals surface area (Å²) >= 11 is 0. The minimum Gasteiger partial charge on any atom is -0.397 e. The van der Waals surface area contributed by atoms with Crippen LogP contribution < -0.4 is 16.4 Å². The molecule has 0 radical (unpaired) electrons. The first-order valence-corrected chi connectivity index (χ1v) is 6.78. The molecule has 2 rings (SSSR count). The number of nitrogens with one attached hydrogen (secondary N) is 2. The summed E-state index contributed by atoms with van der Waals surface area (Å²) in [5.41, 5.74) is 6.28. The molecule has 1 aliphatic rings. The van der Waals surface area contributed by atoms with Gasteiger partial charge in [0.05, 0.1) is 17.9 Å². The third-order valence-corrected chi connectivity index (χ3v) is 3.34. The fourth-order valence-corrected chi connectivity index (χ4v) is 2.41. The van der Waals surface area contributed by atoms with Gasteiger partial charge < -0.3 is 16.4 Å². The third kappa shape index (κ3) is 4.42. The zero-order chi connectivity index (χ0) is 15.4. The van der Waals surface area contributed by atoms with Crippen molar-refractivity contribution in [3.05, 3.63) is 24.0 Å². The standard InChI is InChI=1S/C14H19FN4O2/c1-9(20)17-11-4-5-19(7-11)8-14(21)18-13-6-10(15)2-3-12(13)16/h2-3,6,11H,4-5,7-8,16H2,1H3,(H,17,20)(H,18,21). The van der Waals surface area contributed by atoms with Crippen LogP contribution in [0.25, 0.3) is 0 Å². The Balaban J connectivity index is 1.85. The highest BCUT2D eigenvalue weighted by molar-refractivity contribution is 5.95. The van der Waals surface area contributed by atoms with Gasteiger partial charge in [0.1, 0.15) is 5.82 Å². The summed E-state index contributed by atoms with van der Waals surface area (Å²) in [4.78, 5) is 24.9. The molecule has 0 aliphatic carbocycles. The van der Waals surface area contributed by atoms with Crippen LogP contribution in [0.2, 0.25) is 0 Å². The van der Waals surface area contributed by atoms with E-state index in [1.54, 1.807) is 0 Å². The van der Waals surface area contributed by atoms with Gasteiger partial charge in [-0.05, 0) is 24.6 Å². The van der Waals surface area contributed by atoms with E-state index in [1.807, 2.05) is 4.90 Å². The number of nitrogens with zero attached hydrogens (tertiary/aromatic N) is 1. The van der Waals surface area contributed by atoms with Gasteiger partial charge in [0.2, 0.25) is 11.8 Å². The van der Waals surface area contributed by atoms with Crippen molar-refractivity contribution in [2.75, 3.05) is 30.7 Å². The molecule has 1 saturated heterocycles. The van der Waals surface area contributed by atoms with Gasteiger partial charge in [-0.3, -0.25) is 14.5 Å². The van der Waals surface area contributed by atoms with E-state index in [9.17, 15) is 14.0 Å². The maximum atomic E-state index is 13.1. The summed E-state index contributed by atoms with van der Waals surface area (Å²) in [6, 6.07) is 3.92. The molecule has 7 heteroatoms. The largest absolute Gasteiger partial charge is 0.397 e. The number of hydrogen-bond donors (Lipinski definition) is 3. The zero-order valence-corrected chi connectivity index (χ0v) is 11.9. The molecule has 1 atom stereocenters. The molecule has 1 aromatic rings. The van der Waals surface area contributed by atoms with Crippen LogP contribution in [0.15, 0.2) is 18.2 Å². The van der Waals surface area contributed by atoms with Gasteiger partial charge in [-0.2, -0.15) is 0 Å². The molecule has 6 nitrogen and oxygen atoms in total. The van der Waals surface area contributed by atoms with E-state index in [4.69, 9.17) is 5.73 Å². The van der Waals surface area contributed by atoms with Gasteiger partial charge in [0.15, 0.2) is 0 Å². The summed E-state index contributed by atoms with van der Waals surface area (Å²) in [5, 5.41) is 5.43. The van der Waals surface area contributed by atoms with Crippen molar-refractivity contribution in [2.45, 2.75) is 19.4 Å². The maximum absolute atomic E-state index is 13.1. The number of benzene rings is 1. The molecule has 2 amide bonds. The molecule has 21 heavy (non-hydrogen) atoms. The highest BCUT2D eigenvalue weighted by Crippen LogP contribution is 2.19. The summed E-state index contributed by atoms with van der Waals surface area (Å²) in [6.07, 6.45) is 0.814. The number of rotatable bonds is 4. The quantitative estimate of drug-likeness (QED) is 0.708. The van der Waals surface area contributed by atoms with E-state index in [1.165, 1.54) is 25.1 Å². The first kappa shape index (κ1) is 15.2. The summed E-state index contributed by atoms with van der Waals surface area (Å²) in [7, 11) is 0. The molecular weight excluding hydrogens is 275 g/mol. The number of carbonyl (C=O) groups excluding carboxylic acids is 2. The Kier molecular flexibility index (Phi) is 4.74. The highest BCUT2D eigenvalue weighted by atomic mass is 19.1. The third-order valence-electron chi connectivity index (χ3n) is 3.34. The van der Waals surface area contributed by atoms with Crippen molar-refractivity contribution in [3.8, 4) is 0 Å². The fourth-order valence-electron chi connectivity index (χ4n) is 2.41. The predicted octanol–water partition coefficient (Wildman–Crippen LogP) is 0.557. The average Bonchev–Trinajstić information content (AvgIpc) is 2.80. The lowest BCUT2D eigenvalue weighted by molar-refractivity contribution is -0.119. The van der Waals surface area contributed by atoms with Crippen LogP contribution in [0.1, 0.15) is 13.3 Å². The molecular formula is C14H19FN4O2. The first-order chi connectivity index (χ1) is 9.94. The Morgan fingerprint density at radius 1 is 1.48 bits per heavy atom. The predicted molar refractivity (Wildman–Crippen MR) is 78.1 cm³/mol. The number of amides is 2. The normalized spacial score (nSPS) is 18.5. The Labute approximate surface area is 122 Å². The van der Waals surface area contributed by atoms with Gasteiger partial charge >= 0.3 is 0 Å². The summed E-state index contributed by atoms with van der Waals surface area (Å²) < 4.78 is 13.1. The van der Waals surface area contributed by atoms with Crippen LogP contribution in [-0.2, 0) is 9.59 Å². The fraction of sp³-hybridized carbons (Fsp3) is 0.429. The summed E-state index contributed by atoms with van der Waals surface area (Å²) in [6.45, 7) is 3.02. The number of carbonyl (C=O) groups is 2. The number of nitrogens with two attached hydrogens (primary N) is 1. The molecule has 114 valence electrons. The van der Waals surface area contributed by atoms with Crippen LogP contribution in [-0.4, -0.2) is 42.4 Å². The van der Waals surface area contributed by atoms with E-state index in [0.717, 1.165) is 13.0 Å². The van der Waals surface area contributed by atoms with Crippen molar-refractivity contribution in [1.82, 2.24) is 10.2 Å². The molecule has 0 spiro atoms. The number of hydrogen-bond acceptors (Lipinski definition) is 4. The van der Waals surface area contributed by atoms with E-state index < -0.39 is 5.82 Å². The smallest absolute Gasteiger partial charge is 0.238 e. The Hall–Kier alpha value is -2.15. The number of halogens is 1. The van der Waals surface area contributed by atoms with Gasteiger partial charge in [-0.15, -0.1) is 0 Å². The molecule has 1 heterocycles. The van der Waals surface area contributed by atoms with Crippen LogP contribution >= 0.6 is 0 Å². The lowest BCUT2D eigenvalue weighted by atomic mass is 10.2. The van der Waals surface area contributed by atoms with Crippen molar-refractivity contribution < 1.29 is 14.0 Å². The second kappa shape index (κ2) is 6.53. The van der Waals surface area contributed by atoms with E-state index >= 15 is 0 Å². The molecule has 1 aliphatic heterocycles. The SMILES string of the molecule is CC(=O)NC1CCN(CC(=O)Nc2cc(F)ccc2N)C1. The van der Waals surface area contributed by atoms with Crippen LogP contribution in [0.5, 0.6) is 0 Å². The second-order valence-corrected chi connectivity index (χ2v) is 5.20. The van der Waals surface area contributed by atoms with Crippen LogP contribution in [0, 0.1) is 5.82 Å². The van der Waals surface area contributed by atoms with Crippen molar-refractivity contribution >= 4 is 23.2 Å². The number of nitrogen functional groups attached to an aromatic ring is 1. The van der Waals surface area contributed by atoms with Crippen molar-refractivity contribution in [2.24, 2.45) is 0 Å². The minimum atomic E-state index is -0.452. The van der Waals surface area contributed by atoms with Crippen LogP contribution in [0.3, 0.4) is 0 Å². The molecule has 1 aromatic carbocycles. The van der Waals surface area contributed by atoms with Gasteiger partial charge in [0, 0.05) is 26.1 Å². The van der Waals surface area contributed by atoms with E-state index in [0.29, 0.717) is 12.2 Å². The van der Waals surface area contributed by atoms with Crippen molar-refractivity contribution in [3.63, 3.8) is 0 Å². The Morgan fingerprint density at radius 3 is 2.95 bits per heavy atom.